The van der Waals surface area contributed by atoms with Gasteiger partial charge in [-0.05, 0) is 19.1 Å². The molecule has 1 amide bonds. The van der Waals surface area contributed by atoms with Gasteiger partial charge in [0.15, 0.2) is 11.5 Å². The van der Waals surface area contributed by atoms with Gasteiger partial charge in [0.1, 0.15) is 19.8 Å². The first-order valence-electron chi connectivity index (χ1n) is 6.95. The molecule has 7 nitrogen and oxygen atoms in total. The van der Waals surface area contributed by atoms with Crippen molar-refractivity contribution in [1.29, 1.82) is 0 Å². The zero-order chi connectivity index (χ0) is 16.3. The van der Waals surface area contributed by atoms with Crippen LogP contribution >= 0.6 is 0 Å². The fourth-order valence-corrected chi connectivity index (χ4v) is 3.01. The molecule has 0 fully saturated rings. The third kappa shape index (κ3) is 3.44. The number of likely N-dealkylation sites (N-methyl/N-ethyl adjacent to an activating group) is 1. The summed E-state index contributed by atoms with van der Waals surface area (Å²) in [5.74, 6) is 0.661. The maximum Gasteiger partial charge on any atom is 0.242 e. The number of sulfonamides is 1. The Kier molecular flexibility index (Phi) is 4.80. The van der Waals surface area contributed by atoms with E-state index in [1.165, 1.54) is 4.90 Å². The van der Waals surface area contributed by atoms with E-state index in [1.807, 2.05) is 0 Å². The lowest BCUT2D eigenvalue weighted by atomic mass is 10.2. The largest absolute Gasteiger partial charge is 0.486 e. The second kappa shape index (κ2) is 6.43. The zero-order valence-electron chi connectivity index (χ0n) is 12.9. The van der Waals surface area contributed by atoms with Gasteiger partial charge in [-0.15, -0.1) is 0 Å². The summed E-state index contributed by atoms with van der Waals surface area (Å²) < 4.78 is 36.6. The Morgan fingerprint density at radius 1 is 1.18 bits per heavy atom. The van der Waals surface area contributed by atoms with Crippen molar-refractivity contribution in [3.63, 3.8) is 0 Å². The molecule has 1 aromatic rings. The molecule has 0 saturated carbocycles. The molecular formula is C14H20N2O5S. The second-order valence-corrected chi connectivity index (χ2v) is 7.21. The van der Waals surface area contributed by atoms with Crippen molar-refractivity contribution in [3.05, 3.63) is 18.2 Å². The number of carbonyl (C=O) groups excluding carboxylic acids is 1. The summed E-state index contributed by atoms with van der Waals surface area (Å²) in [6.07, 6.45) is 0. The molecule has 0 N–H and O–H groups in total. The molecule has 0 saturated heterocycles. The van der Waals surface area contributed by atoms with Crippen LogP contribution in [0.15, 0.2) is 18.2 Å². The predicted octanol–water partition coefficient (Wildman–Crippen LogP) is 0.702. The van der Waals surface area contributed by atoms with Crippen LogP contribution in [0.4, 0.5) is 5.69 Å². The summed E-state index contributed by atoms with van der Waals surface area (Å²) in [4.78, 5) is 13.3. The van der Waals surface area contributed by atoms with Crippen LogP contribution in [0.5, 0.6) is 11.5 Å². The average Bonchev–Trinajstić information content (AvgIpc) is 2.51. The maximum atomic E-state index is 12.3. The molecule has 122 valence electrons. The summed E-state index contributed by atoms with van der Waals surface area (Å²) in [5.41, 5.74) is 0.390. The van der Waals surface area contributed by atoms with Gasteiger partial charge in [0.2, 0.25) is 15.9 Å². The Bertz CT molecular complexity index is 657. The second-order valence-electron chi connectivity index (χ2n) is 5.02. The van der Waals surface area contributed by atoms with Crippen molar-refractivity contribution in [2.24, 2.45) is 0 Å². The first-order valence-corrected chi connectivity index (χ1v) is 8.56. The van der Waals surface area contributed by atoms with Crippen molar-refractivity contribution in [2.45, 2.75) is 6.92 Å². The third-order valence-corrected chi connectivity index (χ3v) is 5.03. The number of ether oxygens (including phenoxy) is 2. The Balaban J connectivity index is 2.38. The minimum Gasteiger partial charge on any atom is -0.486 e. The van der Waals surface area contributed by atoms with E-state index in [-0.39, 0.29) is 18.2 Å². The molecule has 0 aliphatic carbocycles. The molecule has 1 aliphatic heterocycles. The van der Waals surface area contributed by atoms with Gasteiger partial charge in [-0.3, -0.25) is 9.10 Å². The number of amides is 1. The smallest absolute Gasteiger partial charge is 0.242 e. The van der Waals surface area contributed by atoms with E-state index in [0.717, 1.165) is 4.31 Å². The predicted molar refractivity (Wildman–Crippen MR) is 82.9 cm³/mol. The molecule has 1 heterocycles. The highest BCUT2D eigenvalue weighted by Gasteiger charge is 2.25. The summed E-state index contributed by atoms with van der Waals surface area (Å²) in [7, 11) is -0.407. The minimum atomic E-state index is -3.58. The van der Waals surface area contributed by atoms with E-state index in [0.29, 0.717) is 30.4 Å². The number of hydrogen-bond acceptors (Lipinski definition) is 5. The lowest BCUT2D eigenvalue weighted by Gasteiger charge is -2.26. The fourth-order valence-electron chi connectivity index (χ4n) is 1.96. The summed E-state index contributed by atoms with van der Waals surface area (Å²) >= 11 is 0. The monoisotopic (exact) mass is 328 g/mol. The van der Waals surface area contributed by atoms with Gasteiger partial charge in [0, 0.05) is 20.2 Å². The highest BCUT2D eigenvalue weighted by molar-refractivity contribution is 7.92. The van der Waals surface area contributed by atoms with Crippen molar-refractivity contribution in [1.82, 2.24) is 4.90 Å². The molecule has 8 heteroatoms. The Hall–Kier alpha value is -1.96. The molecule has 1 aliphatic rings. The van der Waals surface area contributed by atoms with Crippen molar-refractivity contribution < 1.29 is 22.7 Å². The van der Waals surface area contributed by atoms with E-state index < -0.39 is 10.0 Å². The number of hydrogen-bond donors (Lipinski definition) is 0. The first kappa shape index (κ1) is 16.4. The molecule has 0 bridgehead atoms. The van der Waals surface area contributed by atoms with Crippen LogP contribution in [0.1, 0.15) is 6.92 Å². The van der Waals surface area contributed by atoms with Crippen molar-refractivity contribution in [2.75, 3.05) is 43.9 Å². The summed E-state index contributed by atoms with van der Waals surface area (Å²) in [6, 6.07) is 4.86. The Morgan fingerprint density at radius 2 is 1.82 bits per heavy atom. The van der Waals surface area contributed by atoms with E-state index in [1.54, 1.807) is 39.2 Å². The topological polar surface area (TPSA) is 76.2 Å². The van der Waals surface area contributed by atoms with Crippen LogP contribution in [0, 0.1) is 0 Å². The molecule has 22 heavy (non-hydrogen) atoms. The number of rotatable bonds is 5. The van der Waals surface area contributed by atoms with Crippen LogP contribution in [-0.2, 0) is 14.8 Å². The zero-order valence-corrected chi connectivity index (χ0v) is 13.7. The molecule has 0 unspecified atom stereocenters. The number of carbonyl (C=O) groups is 1. The maximum absolute atomic E-state index is 12.3. The number of benzene rings is 1. The van der Waals surface area contributed by atoms with Gasteiger partial charge in [0.05, 0.1) is 11.4 Å². The lowest BCUT2D eigenvalue weighted by molar-refractivity contribution is -0.127. The van der Waals surface area contributed by atoms with Gasteiger partial charge < -0.3 is 14.4 Å². The van der Waals surface area contributed by atoms with Gasteiger partial charge in [-0.2, -0.15) is 0 Å². The molecular weight excluding hydrogens is 308 g/mol. The average molecular weight is 328 g/mol. The van der Waals surface area contributed by atoms with Crippen LogP contribution in [0.2, 0.25) is 0 Å². The number of fused-ring (bicyclic) bond motifs is 1. The van der Waals surface area contributed by atoms with E-state index in [2.05, 4.69) is 0 Å². The van der Waals surface area contributed by atoms with Crippen molar-refractivity contribution >= 4 is 21.6 Å². The van der Waals surface area contributed by atoms with Crippen LogP contribution in [0.3, 0.4) is 0 Å². The highest BCUT2D eigenvalue weighted by Crippen LogP contribution is 2.34. The molecule has 0 spiro atoms. The van der Waals surface area contributed by atoms with Gasteiger partial charge >= 0.3 is 0 Å². The third-order valence-electron chi connectivity index (χ3n) is 3.29. The summed E-state index contributed by atoms with van der Waals surface area (Å²) in [6.45, 7) is 2.17. The van der Waals surface area contributed by atoms with E-state index >= 15 is 0 Å². The molecule has 1 aromatic carbocycles. The van der Waals surface area contributed by atoms with Gasteiger partial charge in [0.25, 0.3) is 0 Å². The fraction of sp³-hybridized carbons (Fsp3) is 0.500. The van der Waals surface area contributed by atoms with Gasteiger partial charge in [-0.25, -0.2) is 8.42 Å². The number of nitrogens with zero attached hydrogens (tertiary/aromatic N) is 2. The molecule has 2 rings (SSSR count). The lowest BCUT2D eigenvalue weighted by Crippen LogP contribution is -2.41. The molecule has 0 aromatic heterocycles. The minimum absolute atomic E-state index is 0.0951. The van der Waals surface area contributed by atoms with E-state index in [9.17, 15) is 13.2 Å². The number of anilines is 1. The van der Waals surface area contributed by atoms with E-state index in [4.69, 9.17) is 9.47 Å². The van der Waals surface area contributed by atoms with Crippen molar-refractivity contribution in [3.8, 4) is 11.5 Å². The van der Waals surface area contributed by atoms with Crippen LogP contribution in [-0.4, -0.2) is 58.8 Å². The first-order chi connectivity index (χ1) is 10.3. The SMILES string of the molecule is CCS(=O)(=O)N(CC(=O)N(C)C)c1ccc2c(c1)OCCO2. The van der Waals surface area contributed by atoms with Crippen LogP contribution < -0.4 is 13.8 Å². The Morgan fingerprint density at radius 3 is 2.41 bits per heavy atom. The summed E-state index contributed by atoms with van der Waals surface area (Å²) in [5, 5.41) is 0. The van der Waals surface area contributed by atoms with Gasteiger partial charge in [-0.1, -0.05) is 0 Å². The van der Waals surface area contributed by atoms with Crippen LogP contribution in [0.25, 0.3) is 0 Å². The standard InChI is InChI=1S/C14H20N2O5S/c1-4-22(18,19)16(10-14(17)15(2)3)11-5-6-12-13(9-11)21-8-7-20-12/h5-6,9H,4,7-8,10H2,1-3H3. The molecule has 0 radical (unpaired) electrons. The quantitative estimate of drug-likeness (QED) is 0.795. The molecule has 0 atom stereocenters. The highest BCUT2D eigenvalue weighted by atomic mass is 32.2. The Labute approximate surface area is 130 Å². The normalized spacial score (nSPS) is 13.6.